The highest BCUT2D eigenvalue weighted by atomic mass is 16.2. The summed E-state index contributed by atoms with van der Waals surface area (Å²) >= 11 is 0. The first-order valence-corrected chi connectivity index (χ1v) is 7.82. The van der Waals surface area contributed by atoms with Crippen LogP contribution < -0.4 is 16.4 Å². The minimum Gasteiger partial charge on any atom is -0.356 e. The van der Waals surface area contributed by atoms with Gasteiger partial charge in [-0.3, -0.25) is 14.6 Å². The van der Waals surface area contributed by atoms with E-state index in [2.05, 4.69) is 15.6 Å². The molecule has 6 nitrogen and oxygen atoms in total. The van der Waals surface area contributed by atoms with E-state index in [1.165, 1.54) is 0 Å². The average molecular weight is 304 g/mol. The van der Waals surface area contributed by atoms with Crippen molar-refractivity contribution in [1.29, 1.82) is 0 Å². The molecule has 1 heterocycles. The molecular formula is C16H24N4O2. The third kappa shape index (κ3) is 5.81. The van der Waals surface area contributed by atoms with E-state index in [1.807, 2.05) is 18.2 Å². The molecule has 1 aromatic rings. The lowest BCUT2D eigenvalue weighted by atomic mass is 10.0. The maximum atomic E-state index is 11.8. The van der Waals surface area contributed by atoms with Crippen molar-refractivity contribution in [2.24, 2.45) is 11.7 Å². The third-order valence-electron chi connectivity index (χ3n) is 3.92. The van der Waals surface area contributed by atoms with Gasteiger partial charge in [0.25, 0.3) is 0 Å². The summed E-state index contributed by atoms with van der Waals surface area (Å²) in [5, 5.41) is 5.58. The Morgan fingerprint density at radius 1 is 1.23 bits per heavy atom. The second kappa shape index (κ2) is 8.48. The van der Waals surface area contributed by atoms with Gasteiger partial charge in [-0.1, -0.05) is 6.07 Å². The molecule has 4 N–H and O–H groups in total. The molecule has 120 valence electrons. The minimum absolute atomic E-state index is 0.0108. The van der Waals surface area contributed by atoms with E-state index in [0.717, 1.165) is 25.0 Å². The van der Waals surface area contributed by atoms with Crippen LogP contribution in [0.25, 0.3) is 0 Å². The van der Waals surface area contributed by atoms with Gasteiger partial charge in [-0.25, -0.2) is 0 Å². The van der Waals surface area contributed by atoms with Crippen LogP contribution in [-0.2, 0) is 16.1 Å². The summed E-state index contributed by atoms with van der Waals surface area (Å²) < 4.78 is 0. The maximum absolute atomic E-state index is 11.8. The molecule has 1 fully saturated rings. The molecule has 1 aromatic heterocycles. The number of nitrogens with two attached hydrogens (primary N) is 1. The van der Waals surface area contributed by atoms with Crippen LogP contribution in [0.15, 0.2) is 24.4 Å². The summed E-state index contributed by atoms with van der Waals surface area (Å²) in [6.07, 6.45) is 5.45. The van der Waals surface area contributed by atoms with Gasteiger partial charge in [-0.15, -0.1) is 0 Å². The molecule has 0 aliphatic heterocycles. The van der Waals surface area contributed by atoms with Crippen LogP contribution >= 0.6 is 0 Å². The molecule has 0 aromatic carbocycles. The highest BCUT2D eigenvalue weighted by molar-refractivity contribution is 5.79. The second-order valence-corrected chi connectivity index (χ2v) is 5.84. The maximum Gasteiger partial charge on any atom is 0.222 e. The van der Waals surface area contributed by atoms with Crippen molar-refractivity contribution in [2.45, 2.75) is 44.7 Å². The summed E-state index contributed by atoms with van der Waals surface area (Å²) in [5.41, 5.74) is 6.65. The zero-order valence-electron chi connectivity index (χ0n) is 12.8. The Labute approximate surface area is 130 Å². The van der Waals surface area contributed by atoms with E-state index in [9.17, 15) is 9.59 Å². The highest BCUT2D eigenvalue weighted by Crippen LogP contribution is 2.26. The van der Waals surface area contributed by atoms with E-state index in [1.54, 1.807) is 6.20 Å². The number of carbonyl (C=O) groups excluding carboxylic acids is 2. The van der Waals surface area contributed by atoms with Crippen molar-refractivity contribution in [3.8, 4) is 0 Å². The fraction of sp³-hybridized carbons (Fsp3) is 0.562. The molecule has 0 spiro atoms. The molecule has 0 radical (unpaired) electrons. The van der Waals surface area contributed by atoms with Crippen molar-refractivity contribution < 1.29 is 9.59 Å². The van der Waals surface area contributed by atoms with E-state index < -0.39 is 0 Å². The molecule has 1 aliphatic rings. The second-order valence-electron chi connectivity index (χ2n) is 5.84. The molecule has 1 aliphatic carbocycles. The van der Waals surface area contributed by atoms with Gasteiger partial charge in [-0.05, 0) is 37.3 Å². The van der Waals surface area contributed by atoms with Crippen LogP contribution in [0.2, 0.25) is 0 Å². The van der Waals surface area contributed by atoms with Crippen LogP contribution in [-0.4, -0.2) is 29.4 Å². The Balaban J connectivity index is 1.55. The number of rotatable bonds is 7. The van der Waals surface area contributed by atoms with Crippen molar-refractivity contribution in [1.82, 2.24) is 15.6 Å². The number of nitrogens with one attached hydrogen (secondary N) is 2. The molecule has 0 unspecified atom stereocenters. The Hall–Kier alpha value is -1.95. The lowest BCUT2D eigenvalue weighted by molar-refractivity contribution is -0.122. The molecule has 2 atom stereocenters. The Morgan fingerprint density at radius 2 is 2.09 bits per heavy atom. The fourth-order valence-electron chi connectivity index (χ4n) is 2.73. The van der Waals surface area contributed by atoms with E-state index in [4.69, 9.17) is 5.73 Å². The predicted molar refractivity (Wildman–Crippen MR) is 83.6 cm³/mol. The fourth-order valence-corrected chi connectivity index (χ4v) is 2.73. The van der Waals surface area contributed by atoms with Crippen LogP contribution in [0.4, 0.5) is 0 Å². The lowest BCUT2D eigenvalue weighted by Crippen LogP contribution is -2.31. The van der Waals surface area contributed by atoms with Gasteiger partial charge in [0.15, 0.2) is 0 Å². The monoisotopic (exact) mass is 304 g/mol. The van der Waals surface area contributed by atoms with E-state index in [0.29, 0.717) is 25.4 Å². The van der Waals surface area contributed by atoms with Crippen LogP contribution in [0.3, 0.4) is 0 Å². The zero-order chi connectivity index (χ0) is 15.8. The Bertz CT molecular complexity index is 492. The molecule has 22 heavy (non-hydrogen) atoms. The van der Waals surface area contributed by atoms with Gasteiger partial charge in [0, 0.05) is 31.6 Å². The van der Waals surface area contributed by atoms with Gasteiger partial charge in [0.2, 0.25) is 11.8 Å². The van der Waals surface area contributed by atoms with Crippen molar-refractivity contribution in [3.05, 3.63) is 30.1 Å². The van der Waals surface area contributed by atoms with Crippen LogP contribution in [0.1, 0.15) is 37.8 Å². The molecular weight excluding hydrogens is 280 g/mol. The summed E-state index contributed by atoms with van der Waals surface area (Å²) in [6.45, 7) is 0.777. The number of aromatic nitrogens is 1. The smallest absolute Gasteiger partial charge is 0.222 e. The van der Waals surface area contributed by atoms with Crippen LogP contribution in [0, 0.1) is 5.92 Å². The van der Waals surface area contributed by atoms with Gasteiger partial charge in [0.05, 0.1) is 12.2 Å². The van der Waals surface area contributed by atoms with Crippen LogP contribution in [0.5, 0.6) is 0 Å². The zero-order valence-corrected chi connectivity index (χ0v) is 12.8. The first kappa shape index (κ1) is 16.4. The summed E-state index contributed by atoms with van der Waals surface area (Å²) in [6, 6.07) is 5.81. The Kier molecular flexibility index (Phi) is 6.33. The number of hydrogen-bond acceptors (Lipinski definition) is 4. The van der Waals surface area contributed by atoms with Gasteiger partial charge >= 0.3 is 0 Å². The minimum atomic E-state index is -0.0890. The first-order chi connectivity index (χ1) is 10.6. The summed E-state index contributed by atoms with van der Waals surface area (Å²) in [4.78, 5) is 27.6. The molecule has 6 heteroatoms. The number of hydrogen-bond donors (Lipinski definition) is 3. The topological polar surface area (TPSA) is 97.1 Å². The van der Waals surface area contributed by atoms with Gasteiger partial charge in [0.1, 0.15) is 0 Å². The SMILES string of the molecule is N[C@H]1CC[C@@H](CC(=O)NCCC(=O)NCc2ccccn2)C1. The lowest BCUT2D eigenvalue weighted by Gasteiger charge is -2.10. The van der Waals surface area contributed by atoms with Crippen molar-refractivity contribution in [2.75, 3.05) is 6.54 Å². The normalized spacial score (nSPS) is 20.6. The van der Waals surface area contributed by atoms with Gasteiger partial charge in [-0.2, -0.15) is 0 Å². The van der Waals surface area contributed by atoms with E-state index >= 15 is 0 Å². The third-order valence-corrected chi connectivity index (χ3v) is 3.92. The van der Waals surface area contributed by atoms with Gasteiger partial charge < -0.3 is 16.4 Å². The van der Waals surface area contributed by atoms with Crippen molar-refractivity contribution >= 4 is 11.8 Å². The molecule has 2 amide bonds. The predicted octanol–water partition coefficient (Wildman–Crippen LogP) is 0.722. The summed E-state index contributed by atoms with van der Waals surface area (Å²) in [7, 11) is 0. The van der Waals surface area contributed by atoms with E-state index in [-0.39, 0.29) is 24.3 Å². The molecule has 0 saturated heterocycles. The number of pyridine rings is 1. The first-order valence-electron chi connectivity index (χ1n) is 7.82. The average Bonchev–Trinajstić information content (AvgIpc) is 2.91. The standard InChI is InChI=1S/C16H24N4O2/c17-13-5-4-12(9-13)10-16(22)19-8-6-15(21)20-11-14-3-1-2-7-18-14/h1-3,7,12-13H,4-6,8-11,17H2,(H,19,22)(H,20,21)/t12-,13+/m1/s1. The largest absolute Gasteiger partial charge is 0.356 e. The highest BCUT2D eigenvalue weighted by Gasteiger charge is 2.23. The summed E-state index contributed by atoms with van der Waals surface area (Å²) in [5.74, 6) is 0.318. The molecule has 1 saturated carbocycles. The number of carbonyl (C=O) groups is 2. The number of amides is 2. The Morgan fingerprint density at radius 3 is 2.77 bits per heavy atom. The number of nitrogens with zero attached hydrogens (tertiary/aromatic N) is 1. The van der Waals surface area contributed by atoms with Crippen molar-refractivity contribution in [3.63, 3.8) is 0 Å². The quantitative estimate of drug-likeness (QED) is 0.691. The molecule has 0 bridgehead atoms. The molecule has 2 rings (SSSR count).